The van der Waals surface area contributed by atoms with E-state index >= 15 is 0 Å². The van der Waals surface area contributed by atoms with Crippen LogP contribution in [-0.4, -0.2) is 29.1 Å². The van der Waals surface area contributed by atoms with Crippen LogP contribution in [0.2, 0.25) is 0 Å². The highest BCUT2D eigenvalue weighted by atomic mass is 79.9. The summed E-state index contributed by atoms with van der Waals surface area (Å²) in [6.07, 6.45) is -0.491. The second-order valence-electron chi connectivity index (χ2n) is 5.44. The number of nitrogens with one attached hydrogen (secondary N) is 1. The second-order valence-corrected chi connectivity index (χ2v) is 6.36. The molecule has 1 rings (SSSR count). The Morgan fingerprint density at radius 1 is 1.29 bits per heavy atom. The largest absolute Gasteiger partial charge is 0.383 e. The van der Waals surface area contributed by atoms with Gasteiger partial charge >= 0.3 is 0 Å². The van der Waals surface area contributed by atoms with Gasteiger partial charge in [-0.05, 0) is 30.0 Å². The van der Waals surface area contributed by atoms with E-state index in [4.69, 9.17) is 5.73 Å². The molecule has 4 N–H and O–H groups in total. The molecule has 0 aliphatic rings. The maximum absolute atomic E-state index is 11.9. The number of carbonyl (C=O) groups is 2. The number of rotatable bonds is 7. The second kappa shape index (κ2) is 8.14. The molecule has 0 heterocycles. The predicted octanol–water partition coefficient (Wildman–Crippen LogP) is 1.37. The van der Waals surface area contributed by atoms with Crippen molar-refractivity contribution in [2.24, 2.45) is 11.7 Å². The molecule has 2 atom stereocenters. The summed E-state index contributed by atoms with van der Waals surface area (Å²) in [6.45, 7) is 3.81. The number of aliphatic hydroxyl groups excluding tert-OH is 1. The first-order chi connectivity index (χ1) is 9.79. The van der Waals surface area contributed by atoms with Crippen molar-refractivity contribution in [3.8, 4) is 0 Å². The average Bonchev–Trinajstić information content (AvgIpc) is 2.39. The molecule has 0 bridgehead atoms. The number of hydrogen-bond acceptors (Lipinski definition) is 3. The third-order valence-electron chi connectivity index (χ3n) is 3.01. The molecule has 0 spiro atoms. The number of nitrogens with two attached hydrogens (primary N) is 1. The molecule has 0 fully saturated rings. The molecule has 0 saturated heterocycles. The lowest BCUT2D eigenvalue weighted by atomic mass is 10.0. The Bertz CT molecular complexity index is 488. The highest BCUT2D eigenvalue weighted by Gasteiger charge is 2.23. The van der Waals surface area contributed by atoms with Crippen LogP contribution in [0.4, 0.5) is 0 Å². The molecular weight excluding hydrogens is 336 g/mol. The summed E-state index contributed by atoms with van der Waals surface area (Å²) in [5.74, 6) is -1.00. The van der Waals surface area contributed by atoms with E-state index in [0.29, 0.717) is 12.8 Å². The summed E-state index contributed by atoms with van der Waals surface area (Å²) in [5, 5.41) is 12.3. The van der Waals surface area contributed by atoms with Gasteiger partial charge in [-0.2, -0.15) is 0 Å². The van der Waals surface area contributed by atoms with Crippen molar-refractivity contribution in [2.75, 3.05) is 0 Å². The van der Waals surface area contributed by atoms with Crippen molar-refractivity contribution in [3.63, 3.8) is 0 Å². The number of aliphatic hydroxyl groups is 1. The first kappa shape index (κ1) is 17.7. The minimum absolute atomic E-state index is 0.184. The van der Waals surface area contributed by atoms with Gasteiger partial charge in [-0.15, -0.1) is 0 Å². The molecule has 1 aromatic rings. The highest BCUT2D eigenvalue weighted by Crippen LogP contribution is 2.12. The van der Waals surface area contributed by atoms with Crippen molar-refractivity contribution in [3.05, 3.63) is 34.3 Å². The van der Waals surface area contributed by atoms with Crippen molar-refractivity contribution >= 4 is 27.7 Å². The summed E-state index contributed by atoms with van der Waals surface area (Å²) in [7, 11) is 0. The van der Waals surface area contributed by atoms with Crippen LogP contribution in [0, 0.1) is 5.92 Å². The minimum Gasteiger partial charge on any atom is -0.383 e. The summed E-state index contributed by atoms with van der Waals surface area (Å²) < 4.78 is 0.929. The van der Waals surface area contributed by atoms with Crippen LogP contribution >= 0.6 is 15.9 Å². The fourth-order valence-electron chi connectivity index (χ4n) is 1.90. The zero-order valence-corrected chi connectivity index (χ0v) is 13.8. The average molecular weight is 357 g/mol. The molecule has 116 valence electrons. The van der Waals surface area contributed by atoms with E-state index in [9.17, 15) is 14.7 Å². The Balaban J connectivity index is 2.67. The lowest BCUT2D eigenvalue weighted by Crippen LogP contribution is -2.49. The van der Waals surface area contributed by atoms with Crippen LogP contribution in [0.15, 0.2) is 28.7 Å². The van der Waals surface area contributed by atoms with E-state index in [-0.39, 0.29) is 5.92 Å². The molecule has 21 heavy (non-hydrogen) atoms. The van der Waals surface area contributed by atoms with E-state index in [1.54, 1.807) is 0 Å². The lowest BCUT2D eigenvalue weighted by Gasteiger charge is -2.19. The maximum atomic E-state index is 11.9. The van der Waals surface area contributed by atoms with Crippen molar-refractivity contribution < 1.29 is 14.7 Å². The van der Waals surface area contributed by atoms with E-state index in [2.05, 4.69) is 21.2 Å². The van der Waals surface area contributed by atoms with Gasteiger partial charge in [0.25, 0.3) is 0 Å². The standard InChI is InChI=1S/C15H21BrN2O3/c1-9(2)7-13(19)15(21)18-12(14(17)20)8-10-3-5-11(16)6-4-10/h3-6,9,12-13,19H,7-8H2,1-2H3,(H2,17,20)(H,18,21)/t12-,13-/m0/s1. The van der Waals surface area contributed by atoms with Gasteiger partial charge in [-0.1, -0.05) is 41.9 Å². The highest BCUT2D eigenvalue weighted by molar-refractivity contribution is 9.10. The minimum atomic E-state index is -1.13. The zero-order valence-electron chi connectivity index (χ0n) is 12.2. The van der Waals surface area contributed by atoms with Crippen LogP contribution in [0.1, 0.15) is 25.8 Å². The summed E-state index contributed by atoms with van der Waals surface area (Å²) in [6, 6.07) is 6.56. The molecule has 0 aliphatic carbocycles. The Morgan fingerprint density at radius 3 is 2.33 bits per heavy atom. The van der Waals surface area contributed by atoms with Crippen LogP contribution < -0.4 is 11.1 Å². The normalized spacial score (nSPS) is 13.8. The van der Waals surface area contributed by atoms with Gasteiger partial charge in [0.2, 0.25) is 11.8 Å². The number of amides is 2. The third kappa shape index (κ3) is 6.27. The van der Waals surface area contributed by atoms with Gasteiger partial charge < -0.3 is 16.2 Å². The Labute approximate surface area is 133 Å². The Kier molecular flexibility index (Phi) is 6.84. The van der Waals surface area contributed by atoms with E-state index in [1.165, 1.54) is 0 Å². The van der Waals surface area contributed by atoms with E-state index in [1.807, 2.05) is 38.1 Å². The van der Waals surface area contributed by atoms with Gasteiger partial charge in [-0.25, -0.2) is 0 Å². The number of carbonyl (C=O) groups excluding carboxylic acids is 2. The number of primary amides is 1. The van der Waals surface area contributed by atoms with E-state index < -0.39 is 24.0 Å². The molecule has 0 aliphatic heterocycles. The zero-order chi connectivity index (χ0) is 16.0. The molecule has 0 radical (unpaired) electrons. The Morgan fingerprint density at radius 2 is 1.86 bits per heavy atom. The first-order valence-corrected chi connectivity index (χ1v) is 7.61. The monoisotopic (exact) mass is 356 g/mol. The maximum Gasteiger partial charge on any atom is 0.249 e. The summed E-state index contributed by atoms with van der Waals surface area (Å²) >= 11 is 3.33. The van der Waals surface area contributed by atoms with Gasteiger partial charge in [0.05, 0.1) is 0 Å². The van der Waals surface area contributed by atoms with Crippen LogP contribution in [0.5, 0.6) is 0 Å². The fraction of sp³-hybridized carbons (Fsp3) is 0.467. The molecule has 0 aromatic heterocycles. The lowest BCUT2D eigenvalue weighted by molar-refractivity contribution is -0.133. The van der Waals surface area contributed by atoms with Crippen LogP contribution in [0.3, 0.4) is 0 Å². The quantitative estimate of drug-likeness (QED) is 0.688. The summed E-state index contributed by atoms with van der Waals surface area (Å²) in [4.78, 5) is 23.3. The molecule has 0 saturated carbocycles. The van der Waals surface area contributed by atoms with Crippen molar-refractivity contribution in [1.29, 1.82) is 0 Å². The third-order valence-corrected chi connectivity index (χ3v) is 3.54. The molecule has 0 unspecified atom stereocenters. The van der Waals surface area contributed by atoms with Gasteiger partial charge in [0.15, 0.2) is 0 Å². The van der Waals surface area contributed by atoms with Crippen molar-refractivity contribution in [2.45, 2.75) is 38.8 Å². The predicted molar refractivity (Wildman–Crippen MR) is 84.4 cm³/mol. The van der Waals surface area contributed by atoms with Gasteiger partial charge in [0, 0.05) is 10.9 Å². The topological polar surface area (TPSA) is 92.4 Å². The van der Waals surface area contributed by atoms with Crippen LogP contribution in [0.25, 0.3) is 0 Å². The van der Waals surface area contributed by atoms with Gasteiger partial charge in [0.1, 0.15) is 12.1 Å². The number of halogens is 1. The number of benzene rings is 1. The van der Waals surface area contributed by atoms with Crippen LogP contribution in [-0.2, 0) is 16.0 Å². The summed E-state index contributed by atoms with van der Waals surface area (Å²) in [5.41, 5.74) is 6.20. The Hall–Kier alpha value is -1.40. The molecule has 5 nitrogen and oxygen atoms in total. The van der Waals surface area contributed by atoms with Gasteiger partial charge in [-0.3, -0.25) is 9.59 Å². The van der Waals surface area contributed by atoms with Crippen molar-refractivity contribution in [1.82, 2.24) is 5.32 Å². The fourth-order valence-corrected chi connectivity index (χ4v) is 2.16. The molecule has 1 aromatic carbocycles. The number of hydrogen-bond donors (Lipinski definition) is 3. The molecule has 6 heteroatoms. The SMILES string of the molecule is CC(C)C[C@H](O)C(=O)N[C@@H](Cc1ccc(Br)cc1)C(N)=O. The molecule has 2 amide bonds. The first-order valence-electron chi connectivity index (χ1n) is 6.81. The van der Waals surface area contributed by atoms with E-state index in [0.717, 1.165) is 10.0 Å². The smallest absolute Gasteiger partial charge is 0.249 e. The molecular formula is C15H21BrN2O3.